The third kappa shape index (κ3) is 4.50. The van der Waals surface area contributed by atoms with Gasteiger partial charge < -0.3 is 31.4 Å². The molecule has 1 spiro atoms. The largest absolute Gasteiger partial charge is 0.496 e. The number of hydrogen-bond donors (Lipinski definition) is 4. The first kappa shape index (κ1) is 26.1. The number of nitrogens with zero attached hydrogens (tertiary/aromatic N) is 1. The van der Waals surface area contributed by atoms with Crippen molar-refractivity contribution in [3.63, 3.8) is 0 Å². The number of carbonyl (C=O) groups excluding carboxylic acids is 4. The SMILES string of the molecule is COc1cccc2[nH]c(C(=O)N3C(C(N)=O)CC4(CCCCC4)[C@@H]3C(C[C@@H]3CCCNC3=O)C(N)=O)cc12. The van der Waals surface area contributed by atoms with Crippen LogP contribution < -0.4 is 21.5 Å². The predicted molar refractivity (Wildman–Crippen MR) is 141 cm³/mol. The molecule has 2 unspecified atom stereocenters. The van der Waals surface area contributed by atoms with Gasteiger partial charge >= 0.3 is 0 Å². The first-order valence-electron chi connectivity index (χ1n) is 13.6. The van der Waals surface area contributed by atoms with E-state index in [-0.39, 0.29) is 23.9 Å². The summed E-state index contributed by atoms with van der Waals surface area (Å²) in [5.74, 6) is -2.19. The van der Waals surface area contributed by atoms with Crippen LogP contribution >= 0.6 is 0 Å². The molecule has 10 heteroatoms. The predicted octanol–water partition coefficient (Wildman–Crippen LogP) is 2.21. The van der Waals surface area contributed by atoms with Crippen LogP contribution in [-0.4, -0.2) is 59.3 Å². The summed E-state index contributed by atoms with van der Waals surface area (Å²) < 4.78 is 5.46. The van der Waals surface area contributed by atoms with E-state index < -0.39 is 41.1 Å². The number of H-pyrrole nitrogens is 1. The standard InChI is InChI=1S/C28H37N5O5/c1-38-22-9-5-8-19-17(22)14-20(32-19)27(37)33-21(25(30)35)15-28(10-3-2-4-11-28)23(33)18(24(29)34)13-16-7-6-12-31-26(16)36/h5,8-9,14,16,18,21,23,32H,2-4,6-7,10-13,15H2,1H3,(H2,29,34)(H2,30,35)(H,31,36)/t16-,18?,21?,23-/m0/s1. The molecule has 1 saturated carbocycles. The first-order valence-corrected chi connectivity index (χ1v) is 13.6. The highest BCUT2D eigenvalue weighted by molar-refractivity contribution is 6.02. The number of nitrogens with two attached hydrogens (primary N) is 2. The molecule has 4 amide bonds. The molecule has 3 fully saturated rings. The Labute approximate surface area is 221 Å². The number of rotatable bonds is 7. The van der Waals surface area contributed by atoms with Crippen molar-refractivity contribution in [2.75, 3.05) is 13.7 Å². The minimum absolute atomic E-state index is 0.0924. The lowest BCUT2D eigenvalue weighted by molar-refractivity contribution is -0.131. The van der Waals surface area contributed by atoms with Crippen LogP contribution in [0.1, 0.15) is 68.3 Å². The lowest BCUT2D eigenvalue weighted by Crippen LogP contribution is -2.56. The number of hydrogen-bond acceptors (Lipinski definition) is 5. The second-order valence-electron chi connectivity index (χ2n) is 11.2. The van der Waals surface area contributed by atoms with Crippen molar-refractivity contribution in [3.05, 3.63) is 30.0 Å². The molecule has 2 aromatic rings. The summed E-state index contributed by atoms with van der Waals surface area (Å²) >= 11 is 0. The third-order valence-electron chi connectivity index (χ3n) is 9.03. The van der Waals surface area contributed by atoms with Gasteiger partial charge in [-0.25, -0.2) is 0 Å². The number of carbonyl (C=O) groups is 4. The van der Waals surface area contributed by atoms with E-state index in [2.05, 4.69) is 10.3 Å². The van der Waals surface area contributed by atoms with E-state index in [4.69, 9.17) is 16.2 Å². The average molecular weight is 524 g/mol. The minimum atomic E-state index is -0.874. The van der Waals surface area contributed by atoms with E-state index in [0.29, 0.717) is 25.1 Å². The number of methoxy groups -OCH3 is 1. The van der Waals surface area contributed by atoms with Crippen molar-refractivity contribution in [3.8, 4) is 5.75 Å². The molecule has 10 nitrogen and oxygen atoms in total. The Morgan fingerprint density at radius 1 is 1.16 bits per heavy atom. The van der Waals surface area contributed by atoms with Crippen LogP contribution in [0.3, 0.4) is 0 Å². The van der Waals surface area contributed by atoms with E-state index in [1.54, 1.807) is 13.2 Å². The highest BCUT2D eigenvalue weighted by Gasteiger charge is 2.59. The summed E-state index contributed by atoms with van der Waals surface area (Å²) in [7, 11) is 1.56. The Hall–Kier alpha value is -3.56. The number of fused-ring (bicyclic) bond motifs is 1. The van der Waals surface area contributed by atoms with Crippen molar-refractivity contribution in [1.82, 2.24) is 15.2 Å². The summed E-state index contributed by atoms with van der Waals surface area (Å²) in [6, 6.07) is 5.69. The molecular weight excluding hydrogens is 486 g/mol. The lowest BCUT2D eigenvalue weighted by Gasteiger charge is -2.44. The number of primary amides is 2. The molecule has 1 aromatic heterocycles. The van der Waals surface area contributed by atoms with Gasteiger partial charge in [-0.2, -0.15) is 0 Å². The molecule has 0 radical (unpaired) electrons. The van der Waals surface area contributed by atoms with Crippen LogP contribution in [0.5, 0.6) is 5.75 Å². The van der Waals surface area contributed by atoms with Gasteiger partial charge in [0.15, 0.2) is 0 Å². The zero-order valence-corrected chi connectivity index (χ0v) is 21.8. The van der Waals surface area contributed by atoms with Gasteiger partial charge in [-0.3, -0.25) is 19.2 Å². The van der Waals surface area contributed by atoms with Gasteiger partial charge in [-0.15, -0.1) is 0 Å². The van der Waals surface area contributed by atoms with E-state index in [1.807, 2.05) is 18.2 Å². The number of piperidine rings is 1. The van der Waals surface area contributed by atoms with Crippen LogP contribution in [0, 0.1) is 17.3 Å². The molecule has 204 valence electrons. The summed E-state index contributed by atoms with van der Waals surface area (Å²) in [4.78, 5) is 57.6. The Bertz CT molecular complexity index is 1250. The molecular formula is C28H37N5O5. The number of aromatic nitrogens is 1. The molecule has 1 aliphatic carbocycles. The number of ether oxygens (including phenoxy) is 1. The molecule has 4 atom stereocenters. The van der Waals surface area contributed by atoms with Gasteiger partial charge in [-0.1, -0.05) is 25.3 Å². The Morgan fingerprint density at radius 2 is 1.92 bits per heavy atom. The van der Waals surface area contributed by atoms with Gasteiger partial charge in [0.05, 0.1) is 19.1 Å². The first-order chi connectivity index (χ1) is 18.3. The van der Waals surface area contributed by atoms with Crippen LogP contribution in [0.15, 0.2) is 24.3 Å². The number of nitrogens with one attached hydrogen (secondary N) is 2. The fourth-order valence-corrected chi connectivity index (χ4v) is 7.30. The molecule has 38 heavy (non-hydrogen) atoms. The van der Waals surface area contributed by atoms with Crippen molar-refractivity contribution < 1.29 is 23.9 Å². The van der Waals surface area contributed by atoms with E-state index >= 15 is 0 Å². The molecule has 1 aromatic carbocycles. The minimum Gasteiger partial charge on any atom is -0.496 e. The molecule has 2 saturated heterocycles. The van der Waals surface area contributed by atoms with Crippen LogP contribution in [0.25, 0.3) is 10.9 Å². The average Bonchev–Trinajstić information content (AvgIpc) is 3.48. The maximum Gasteiger partial charge on any atom is 0.271 e. The zero-order chi connectivity index (χ0) is 27.0. The molecule has 6 N–H and O–H groups in total. The van der Waals surface area contributed by atoms with Crippen molar-refractivity contribution in [1.29, 1.82) is 0 Å². The molecule has 0 bridgehead atoms. The van der Waals surface area contributed by atoms with Crippen molar-refractivity contribution in [2.45, 2.75) is 69.9 Å². The smallest absolute Gasteiger partial charge is 0.271 e. The molecule has 5 rings (SSSR count). The Balaban J connectivity index is 1.60. The summed E-state index contributed by atoms with van der Waals surface area (Å²) in [5.41, 5.74) is 12.5. The monoisotopic (exact) mass is 523 g/mol. The number of amides is 4. The summed E-state index contributed by atoms with van der Waals surface area (Å²) in [6.07, 6.45) is 6.57. The fourth-order valence-electron chi connectivity index (χ4n) is 7.30. The summed E-state index contributed by atoms with van der Waals surface area (Å²) in [5, 5.41) is 3.63. The topological polar surface area (TPSA) is 161 Å². The molecule has 2 aliphatic heterocycles. The van der Waals surface area contributed by atoms with E-state index in [1.165, 1.54) is 4.90 Å². The normalized spacial score (nSPS) is 25.8. The van der Waals surface area contributed by atoms with E-state index in [0.717, 1.165) is 49.4 Å². The lowest BCUT2D eigenvalue weighted by atomic mass is 9.64. The third-order valence-corrected chi connectivity index (χ3v) is 9.03. The number of aromatic amines is 1. The quantitative estimate of drug-likeness (QED) is 0.437. The van der Waals surface area contributed by atoms with Gasteiger partial charge in [0.2, 0.25) is 17.7 Å². The second kappa shape index (κ2) is 10.3. The van der Waals surface area contributed by atoms with Gasteiger partial charge in [0, 0.05) is 23.4 Å². The molecule has 3 aliphatic rings. The number of benzene rings is 1. The number of likely N-dealkylation sites (tertiary alicyclic amines) is 1. The molecule has 3 heterocycles. The van der Waals surface area contributed by atoms with Crippen LogP contribution in [-0.2, 0) is 14.4 Å². The Morgan fingerprint density at radius 3 is 2.58 bits per heavy atom. The zero-order valence-electron chi connectivity index (χ0n) is 21.8. The van der Waals surface area contributed by atoms with Crippen molar-refractivity contribution >= 4 is 34.5 Å². The highest BCUT2D eigenvalue weighted by Crippen LogP contribution is 2.54. The van der Waals surface area contributed by atoms with E-state index in [9.17, 15) is 19.2 Å². The van der Waals surface area contributed by atoms with Crippen LogP contribution in [0.2, 0.25) is 0 Å². The van der Waals surface area contributed by atoms with Gasteiger partial charge in [0.1, 0.15) is 17.5 Å². The van der Waals surface area contributed by atoms with Gasteiger partial charge in [0.25, 0.3) is 5.91 Å². The second-order valence-corrected chi connectivity index (χ2v) is 11.2. The fraction of sp³-hybridized carbons (Fsp3) is 0.571. The maximum atomic E-state index is 14.3. The Kier molecular flexibility index (Phi) is 7.07. The van der Waals surface area contributed by atoms with Crippen LogP contribution in [0.4, 0.5) is 0 Å². The van der Waals surface area contributed by atoms with Crippen molar-refractivity contribution in [2.24, 2.45) is 28.7 Å². The summed E-state index contributed by atoms with van der Waals surface area (Å²) in [6.45, 7) is 0.613. The van der Waals surface area contributed by atoms with Gasteiger partial charge in [-0.05, 0) is 62.1 Å². The maximum absolute atomic E-state index is 14.3. The highest BCUT2D eigenvalue weighted by atomic mass is 16.5.